The average molecular weight is 448 g/mol. The van der Waals surface area contributed by atoms with Crippen LogP contribution in [0.15, 0.2) is 72.8 Å². The number of anilines is 1. The van der Waals surface area contributed by atoms with Gasteiger partial charge in [0, 0.05) is 38.4 Å². The minimum Gasteiger partial charge on any atom is -0.454 e. The van der Waals surface area contributed by atoms with Crippen LogP contribution < -0.4 is 19.7 Å². The first kappa shape index (κ1) is 21.3. The zero-order chi connectivity index (χ0) is 22.6. The van der Waals surface area contributed by atoms with E-state index in [1.54, 1.807) is 12.1 Å². The first-order valence-electron chi connectivity index (χ1n) is 11.2. The van der Waals surface area contributed by atoms with Crippen LogP contribution in [0, 0.1) is 5.82 Å². The fourth-order valence-electron chi connectivity index (χ4n) is 4.44. The number of hydrogen-bond acceptors (Lipinski definition) is 5. The molecule has 1 amide bonds. The van der Waals surface area contributed by atoms with Gasteiger partial charge >= 0.3 is 0 Å². The van der Waals surface area contributed by atoms with E-state index in [0.717, 1.165) is 37.5 Å². The summed E-state index contributed by atoms with van der Waals surface area (Å²) in [5.41, 5.74) is 2.29. The highest BCUT2D eigenvalue weighted by Crippen LogP contribution is 2.35. The molecule has 2 aliphatic rings. The molecule has 2 aliphatic heterocycles. The Bertz CT molecular complexity index is 1120. The average Bonchev–Trinajstić information content (AvgIpc) is 3.33. The summed E-state index contributed by atoms with van der Waals surface area (Å²) in [6.07, 6.45) is 0. The molecule has 1 atom stereocenters. The molecule has 1 fully saturated rings. The van der Waals surface area contributed by atoms with Gasteiger partial charge in [0.2, 0.25) is 6.79 Å². The largest absolute Gasteiger partial charge is 0.454 e. The van der Waals surface area contributed by atoms with Gasteiger partial charge in [-0.2, -0.15) is 0 Å². The number of hydrogen-bond donors (Lipinski definition) is 1. The van der Waals surface area contributed by atoms with Crippen LogP contribution in [0.3, 0.4) is 0 Å². The molecular formula is C26H26FN3O3. The summed E-state index contributed by atoms with van der Waals surface area (Å²) in [4.78, 5) is 17.4. The van der Waals surface area contributed by atoms with Crippen LogP contribution in [0.4, 0.5) is 10.1 Å². The highest BCUT2D eigenvalue weighted by molar-refractivity contribution is 5.94. The topological polar surface area (TPSA) is 54.0 Å². The molecule has 2 heterocycles. The van der Waals surface area contributed by atoms with Crippen LogP contribution in [-0.4, -0.2) is 50.3 Å². The second-order valence-corrected chi connectivity index (χ2v) is 8.18. The fraction of sp³-hybridized carbons (Fsp3) is 0.269. The second kappa shape index (κ2) is 9.50. The van der Waals surface area contributed by atoms with Crippen molar-refractivity contribution in [2.75, 3.05) is 44.4 Å². The van der Waals surface area contributed by atoms with E-state index in [2.05, 4.69) is 39.4 Å². The third-order valence-corrected chi connectivity index (χ3v) is 6.23. The molecule has 0 saturated carbocycles. The van der Waals surface area contributed by atoms with Crippen molar-refractivity contribution in [3.63, 3.8) is 0 Å². The standard InChI is InChI=1S/C26H26FN3O3/c27-22-9-5-4-8-21(22)26(31)28-17-23(19-10-11-24-25(16-19)33-18-32-24)30-14-12-29(13-15-30)20-6-2-1-3-7-20/h1-11,16,23H,12-15,17-18H2,(H,28,31)/t23-/m0/s1. The van der Waals surface area contributed by atoms with Crippen molar-refractivity contribution in [2.45, 2.75) is 6.04 Å². The molecule has 0 bridgehead atoms. The maximum atomic E-state index is 14.1. The van der Waals surface area contributed by atoms with Crippen LogP contribution in [-0.2, 0) is 0 Å². The van der Waals surface area contributed by atoms with E-state index in [0.29, 0.717) is 12.3 Å². The number of piperazine rings is 1. The number of amides is 1. The maximum Gasteiger partial charge on any atom is 0.254 e. The Kier molecular flexibility index (Phi) is 6.13. The lowest BCUT2D eigenvalue weighted by molar-refractivity contribution is 0.0926. The van der Waals surface area contributed by atoms with E-state index >= 15 is 0 Å². The van der Waals surface area contributed by atoms with E-state index in [-0.39, 0.29) is 18.4 Å². The first-order valence-corrected chi connectivity index (χ1v) is 11.2. The number of benzene rings is 3. The molecule has 0 aliphatic carbocycles. The lowest BCUT2D eigenvalue weighted by atomic mass is 10.0. The molecular weight excluding hydrogens is 421 g/mol. The molecule has 5 rings (SSSR count). The number of carbonyl (C=O) groups is 1. The predicted molar refractivity (Wildman–Crippen MR) is 124 cm³/mol. The van der Waals surface area contributed by atoms with Crippen molar-refractivity contribution in [3.05, 3.63) is 89.7 Å². The van der Waals surface area contributed by atoms with Gasteiger partial charge in [0.15, 0.2) is 11.5 Å². The van der Waals surface area contributed by atoms with Gasteiger partial charge in [0.05, 0.1) is 11.6 Å². The minimum atomic E-state index is -0.522. The maximum absolute atomic E-state index is 14.1. The first-order chi connectivity index (χ1) is 16.2. The molecule has 1 N–H and O–H groups in total. The van der Waals surface area contributed by atoms with Crippen molar-refractivity contribution in [1.29, 1.82) is 0 Å². The van der Waals surface area contributed by atoms with E-state index in [1.165, 1.54) is 17.8 Å². The summed E-state index contributed by atoms with van der Waals surface area (Å²) in [6.45, 7) is 4.01. The Labute approximate surface area is 192 Å². The predicted octanol–water partition coefficient (Wildman–Crippen LogP) is 3.85. The molecule has 6 nitrogen and oxygen atoms in total. The summed E-state index contributed by atoms with van der Waals surface area (Å²) in [5.74, 6) is 0.496. The second-order valence-electron chi connectivity index (χ2n) is 8.18. The number of fused-ring (bicyclic) bond motifs is 1. The third kappa shape index (κ3) is 4.64. The van der Waals surface area contributed by atoms with Gasteiger partial charge in [-0.3, -0.25) is 9.69 Å². The monoisotopic (exact) mass is 447 g/mol. The highest BCUT2D eigenvalue weighted by Gasteiger charge is 2.27. The molecule has 1 saturated heterocycles. The van der Waals surface area contributed by atoms with Crippen molar-refractivity contribution >= 4 is 11.6 Å². The van der Waals surface area contributed by atoms with Crippen molar-refractivity contribution in [1.82, 2.24) is 10.2 Å². The zero-order valence-corrected chi connectivity index (χ0v) is 18.2. The van der Waals surface area contributed by atoms with Crippen LogP contribution in [0.2, 0.25) is 0 Å². The van der Waals surface area contributed by atoms with E-state index < -0.39 is 11.7 Å². The quantitative estimate of drug-likeness (QED) is 0.622. The van der Waals surface area contributed by atoms with E-state index in [9.17, 15) is 9.18 Å². The van der Waals surface area contributed by atoms with Gasteiger partial charge in [-0.15, -0.1) is 0 Å². The van der Waals surface area contributed by atoms with Gasteiger partial charge in [-0.1, -0.05) is 36.4 Å². The number of carbonyl (C=O) groups excluding carboxylic acids is 1. The Morgan fingerprint density at radius 1 is 0.909 bits per heavy atom. The fourth-order valence-corrected chi connectivity index (χ4v) is 4.44. The SMILES string of the molecule is O=C(NC[C@@H](c1ccc2c(c1)OCO2)N1CCN(c2ccccc2)CC1)c1ccccc1F. The smallest absolute Gasteiger partial charge is 0.254 e. The Hall–Kier alpha value is -3.58. The highest BCUT2D eigenvalue weighted by atomic mass is 19.1. The van der Waals surface area contributed by atoms with Gasteiger partial charge in [0.1, 0.15) is 5.82 Å². The molecule has 0 spiro atoms. The number of nitrogens with zero attached hydrogens (tertiary/aromatic N) is 2. The van der Waals surface area contributed by atoms with E-state index in [1.807, 2.05) is 24.3 Å². The van der Waals surface area contributed by atoms with Gasteiger partial charge < -0.3 is 19.7 Å². The molecule has 33 heavy (non-hydrogen) atoms. The normalized spacial score (nSPS) is 16.5. The molecule has 0 radical (unpaired) electrons. The number of ether oxygens (including phenoxy) is 2. The van der Waals surface area contributed by atoms with Crippen molar-refractivity contribution < 1.29 is 18.7 Å². The van der Waals surface area contributed by atoms with Gasteiger partial charge in [0.25, 0.3) is 5.91 Å². The molecule has 7 heteroatoms. The van der Waals surface area contributed by atoms with Crippen LogP contribution in [0.1, 0.15) is 22.0 Å². The van der Waals surface area contributed by atoms with E-state index in [4.69, 9.17) is 9.47 Å². The molecule has 0 unspecified atom stereocenters. The van der Waals surface area contributed by atoms with Crippen LogP contribution >= 0.6 is 0 Å². The summed E-state index contributed by atoms with van der Waals surface area (Å²) in [7, 11) is 0. The number of rotatable bonds is 6. The summed E-state index contributed by atoms with van der Waals surface area (Å²) in [6, 6.07) is 22.2. The van der Waals surface area contributed by atoms with Gasteiger partial charge in [-0.25, -0.2) is 4.39 Å². The lowest BCUT2D eigenvalue weighted by Crippen LogP contribution is -2.50. The minimum absolute atomic E-state index is 0.0517. The molecule has 3 aromatic carbocycles. The lowest BCUT2D eigenvalue weighted by Gasteiger charge is -2.40. The Morgan fingerprint density at radius 2 is 1.64 bits per heavy atom. The van der Waals surface area contributed by atoms with Crippen molar-refractivity contribution in [3.8, 4) is 11.5 Å². The zero-order valence-electron chi connectivity index (χ0n) is 18.2. The Balaban J connectivity index is 1.33. The molecule has 3 aromatic rings. The molecule has 0 aromatic heterocycles. The summed E-state index contributed by atoms with van der Waals surface area (Å²) >= 11 is 0. The summed E-state index contributed by atoms with van der Waals surface area (Å²) < 4.78 is 25.1. The number of halogens is 1. The Morgan fingerprint density at radius 3 is 2.42 bits per heavy atom. The molecule has 170 valence electrons. The van der Waals surface area contributed by atoms with Crippen LogP contribution in [0.25, 0.3) is 0 Å². The number of nitrogens with one attached hydrogen (secondary N) is 1. The van der Waals surface area contributed by atoms with Gasteiger partial charge in [-0.05, 0) is 42.0 Å². The third-order valence-electron chi connectivity index (χ3n) is 6.23. The van der Waals surface area contributed by atoms with Crippen LogP contribution in [0.5, 0.6) is 11.5 Å². The summed E-state index contributed by atoms with van der Waals surface area (Å²) in [5, 5.41) is 2.94. The van der Waals surface area contributed by atoms with Crippen molar-refractivity contribution in [2.24, 2.45) is 0 Å². The number of para-hydroxylation sites is 1.